The van der Waals surface area contributed by atoms with E-state index in [0.717, 1.165) is 26.5 Å². The monoisotopic (exact) mass is 395 g/mol. The van der Waals surface area contributed by atoms with Gasteiger partial charge in [-0.05, 0) is 24.3 Å². The number of rotatable bonds is 6. The third-order valence-corrected chi connectivity index (χ3v) is 6.55. The smallest absolute Gasteiger partial charge is 0.196 e. The molecule has 4 aromatic rings. The van der Waals surface area contributed by atoms with E-state index in [-0.39, 0.29) is 0 Å². The van der Waals surface area contributed by atoms with Crippen LogP contribution in [0.25, 0.3) is 15.9 Å². The Morgan fingerprint density at radius 1 is 1.00 bits per heavy atom. The van der Waals surface area contributed by atoms with Crippen LogP contribution in [0.15, 0.2) is 64.1 Å². The maximum Gasteiger partial charge on any atom is 0.196 e. The maximum atomic E-state index is 8.88. The topological polar surface area (TPSA) is 67.4 Å². The highest BCUT2D eigenvalue weighted by atomic mass is 32.2. The van der Waals surface area contributed by atoms with Gasteiger partial charge < -0.3 is 0 Å². The summed E-state index contributed by atoms with van der Waals surface area (Å²) in [5.74, 6) is 1.85. The molecule has 0 amide bonds. The number of nitrogens with zero attached hydrogens (tertiary/aromatic N) is 5. The number of hydrogen-bond acceptors (Lipinski definition) is 7. The predicted octanol–water partition coefficient (Wildman–Crippen LogP) is 4.78. The summed E-state index contributed by atoms with van der Waals surface area (Å²) in [4.78, 5) is 4.66. The Kier molecular flexibility index (Phi) is 5.20. The van der Waals surface area contributed by atoms with Gasteiger partial charge >= 0.3 is 0 Å². The predicted molar refractivity (Wildman–Crippen MR) is 107 cm³/mol. The number of para-hydroxylation sites is 2. The van der Waals surface area contributed by atoms with E-state index < -0.39 is 0 Å². The molecule has 0 aliphatic heterocycles. The van der Waals surface area contributed by atoms with Gasteiger partial charge in [0.25, 0.3) is 0 Å². The van der Waals surface area contributed by atoms with Crippen molar-refractivity contribution in [2.45, 2.75) is 15.2 Å². The van der Waals surface area contributed by atoms with Crippen molar-refractivity contribution in [3.8, 4) is 11.8 Å². The Balaban J connectivity index is 1.61. The lowest BCUT2D eigenvalue weighted by molar-refractivity contribution is 0.866. The van der Waals surface area contributed by atoms with Gasteiger partial charge in [0.15, 0.2) is 9.50 Å². The molecule has 0 atom stereocenters. The second-order valence-corrected chi connectivity index (χ2v) is 8.45. The molecule has 2 aromatic heterocycles. The lowest BCUT2D eigenvalue weighted by Crippen LogP contribution is -2.01. The SMILES string of the molecule is N#CCSc1nnc(CSc2nc3ccccc3s2)n1-c1ccccc1. The van der Waals surface area contributed by atoms with E-state index in [9.17, 15) is 0 Å². The first-order valence-electron chi connectivity index (χ1n) is 7.83. The molecular weight excluding hydrogens is 382 g/mol. The molecule has 4 rings (SSSR count). The van der Waals surface area contributed by atoms with Crippen LogP contribution in [-0.4, -0.2) is 25.5 Å². The van der Waals surface area contributed by atoms with Crippen LogP contribution in [0.5, 0.6) is 0 Å². The number of thioether (sulfide) groups is 2. The Morgan fingerprint density at radius 3 is 2.62 bits per heavy atom. The molecule has 0 bridgehead atoms. The summed E-state index contributed by atoms with van der Waals surface area (Å²) in [5.41, 5.74) is 2.02. The van der Waals surface area contributed by atoms with Crippen molar-refractivity contribution in [1.82, 2.24) is 19.7 Å². The van der Waals surface area contributed by atoms with E-state index in [4.69, 9.17) is 5.26 Å². The molecule has 8 heteroatoms. The summed E-state index contributed by atoms with van der Waals surface area (Å²) >= 11 is 4.73. The second-order valence-electron chi connectivity index (χ2n) is 5.25. The van der Waals surface area contributed by atoms with Crippen LogP contribution in [0.1, 0.15) is 5.82 Å². The van der Waals surface area contributed by atoms with Gasteiger partial charge in [-0.15, -0.1) is 21.5 Å². The molecule has 0 saturated heterocycles. The fourth-order valence-electron chi connectivity index (χ4n) is 2.46. The molecule has 2 aromatic carbocycles. The van der Waals surface area contributed by atoms with Gasteiger partial charge in [0.05, 0.1) is 27.8 Å². The van der Waals surface area contributed by atoms with Gasteiger partial charge in [-0.3, -0.25) is 4.57 Å². The molecular formula is C18H13N5S3. The average molecular weight is 396 g/mol. The lowest BCUT2D eigenvalue weighted by Gasteiger charge is -2.08. The number of benzene rings is 2. The summed E-state index contributed by atoms with van der Waals surface area (Å²) in [7, 11) is 0. The quantitative estimate of drug-likeness (QED) is 0.438. The normalized spacial score (nSPS) is 10.9. The van der Waals surface area contributed by atoms with Crippen LogP contribution in [0.3, 0.4) is 0 Å². The van der Waals surface area contributed by atoms with Gasteiger partial charge in [-0.1, -0.05) is 53.9 Å². The fraction of sp³-hybridized carbons (Fsp3) is 0.111. The summed E-state index contributed by atoms with van der Waals surface area (Å²) in [6, 6.07) is 20.3. The zero-order chi connectivity index (χ0) is 17.8. The summed E-state index contributed by atoms with van der Waals surface area (Å²) < 4.78 is 4.22. The van der Waals surface area contributed by atoms with Crippen molar-refractivity contribution in [2.24, 2.45) is 0 Å². The van der Waals surface area contributed by atoms with E-state index in [1.54, 1.807) is 23.1 Å². The minimum atomic E-state index is 0.343. The van der Waals surface area contributed by atoms with Crippen molar-refractivity contribution in [3.63, 3.8) is 0 Å². The Hall–Kier alpha value is -2.34. The number of fused-ring (bicyclic) bond motifs is 1. The molecule has 0 fully saturated rings. The van der Waals surface area contributed by atoms with Gasteiger partial charge in [-0.25, -0.2) is 4.98 Å². The second kappa shape index (κ2) is 7.91. The van der Waals surface area contributed by atoms with Gasteiger partial charge in [-0.2, -0.15) is 5.26 Å². The fourth-order valence-corrected chi connectivity index (χ4v) is 5.07. The molecule has 5 nitrogen and oxygen atoms in total. The number of aromatic nitrogens is 4. The largest absolute Gasteiger partial charge is 0.273 e. The molecule has 0 saturated carbocycles. The van der Waals surface area contributed by atoms with Crippen LogP contribution in [0.4, 0.5) is 0 Å². The molecule has 128 valence electrons. The van der Waals surface area contributed by atoms with Crippen LogP contribution < -0.4 is 0 Å². The van der Waals surface area contributed by atoms with Crippen molar-refractivity contribution >= 4 is 45.1 Å². The van der Waals surface area contributed by atoms with Crippen LogP contribution in [-0.2, 0) is 5.75 Å². The van der Waals surface area contributed by atoms with Crippen LogP contribution >= 0.6 is 34.9 Å². The third-order valence-electron chi connectivity index (χ3n) is 3.58. The molecule has 26 heavy (non-hydrogen) atoms. The third kappa shape index (κ3) is 3.60. The Morgan fingerprint density at radius 2 is 1.81 bits per heavy atom. The standard InChI is InChI=1S/C18H13N5S3/c19-10-11-24-17-22-21-16(23(17)13-6-2-1-3-7-13)12-25-18-20-14-8-4-5-9-15(14)26-18/h1-9H,11-12H2. The highest BCUT2D eigenvalue weighted by Crippen LogP contribution is 2.32. The summed E-state index contributed by atoms with van der Waals surface area (Å²) in [6.45, 7) is 0. The maximum absolute atomic E-state index is 8.88. The first kappa shape index (κ1) is 17.1. The average Bonchev–Trinajstić information content (AvgIpc) is 3.28. The molecule has 0 aliphatic carbocycles. The molecule has 0 radical (unpaired) electrons. The highest BCUT2D eigenvalue weighted by Gasteiger charge is 2.15. The van der Waals surface area contributed by atoms with Crippen molar-refractivity contribution < 1.29 is 0 Å². The molecule has 0 unspecified atom stereocenters. The van der Waals surface area contributed by atoms with Crippen LogP contribution in [0, 0.1) is 11.3 Å². The zero-order valence-electron chi connectivity index (χ0n) is 13.6. The van der Waals surface area contributed by atoms with Crippen molar-refractivity contribution in [1.29, 1.82) is 5.26 Å². The molecule has 0 spiro atoms. The van der Waals surface area contributed by atoms with E-state index in [2.05, 4.69) is 27.3 Å². The van der Waals surface area contributed by atoms with Crippen LogP contribution in [0.2, 0.25) is 0 Å². The molecule has 0 N–H and O–H groups in total. The van der Waals surface area contributed by atoms with E-state index in [1.807, 2.05) is 53.1 Å². The van der Waals surface area contributed by atoms with E-state index in [0.29, 0.717) is 11.5 Å². The number of nitriles is 1. The van der Waals surface area contributed by atoms with Gasteiger partial charge in [0.2, 0.25) is 0 Å². The first-order valence-corrected chi connectivity index (χ1v) is 10.6. The number of hydrogen-bond donors (Lipinski definition) is 0. The molecule has 2 heterocycles. The van der Waals surface area contributed by atoms with Crippen molar-refractivity contribution in [3.05, 3.63) is 60.4 Å². The van der Waals surface area contributed by atoms with Gasteiger partial charge in [0, 0.05) is 5.69 Å². The first-order chi connectivity index (χ1) is 12.8. The Bertz CT molecular complexity index is 1030. The molecule has 0 aliphatic rings. The van der Waals surface area contributed by atoms with Crippen molar-refractivity contribution in [2.75, 3.05) is 5.75 Å². The minimum absolute atomic E-state index is 0.343. The Labute approximate surface area is 163 Å². The minimum Gasteiger partial charge on any atom is -0.273 e. The summed E-state index contributed by atoms with van der Waals surface area (Å²) in [6.07, 6.45) is 0. The van der Waals surface area contributed by atoms with E-state index in [1.165, 1.54) is 16.5 Å². The van der Waals surface area contributed by atoms with Gasteiger partial charge in [0.1, 0.15) is 5.82 Å². The zero-order valence-corrected chi connectivity index (χ0v) is 16.0. The summed E-state index contributed by atoms with van der Waals surface area (Å²) in [5, 5.41) is 18.2. The lowest BCUT2D eigenvalue weighted by atomic mass is 10.3. The van der Waals surface area contributed by atoms with E-state index >= 15 is 0 Å². The number of thiazole rings is 1. The highest BCUT2D eigenvalue weighted by molar-refractivity contribution is 8.00.